The summed E-state index contributed by atoms with van der Waals surface area (Å²) in [5.74, 6) is -0.977. The fraction of sp³-hybridized carbons (Fsp3) is 0.833. The van der Waals surface area contributed by atoms with Crippen molar-refractivity contribution in [3.8, 4) is 0 Å². The van der Waals surface area contributed by atoms with Gasteiger partial charge in [0.1, 0.15) is 0 Å². The van der Waals surface area contributed by atoms with Crippen molar-refractivity contribution in [2.75, 3.05) is 0 Å². The highest BCUT2D eigenvalue weighted by atomic mass is 16.4. The molecule has 17 heavy (non-hydrogen) atoms. The third kappa shape index (κ3) is 4.34. The molecule has 0 aromatic carbocycles. The number of amides is 1. The van der Waals surface area contributed by atoms with Crippen molar-refractivity contribution in [3.63, 3.8) is 0 Å². The zero-order valence-corrected chi connectivity index (χ0v) is 10.4. The van der Waals surface area contributed by atoms with Crippen LogP contribution in [0.3, 0.4) is 0 Å². The molecule has 5 nitrogen and oxygen atoms in total. The van der Waals surface area contributed by atoms with E-state index in [-0.39, 0.29) is 24.8 Å². The number of carbonyl (C=O) groups excluding carboxylic acids is 1. The second-order valence-corrected chi connectivity index (χ2v) is 5.01. The molecule has 1 unspecified atom stereocenters. The minimum absolute atomic E-state index is 0.0156. The zero-order valence-electron chi connectivity index (χ0n) is 10.4. The van der Waals surface area contributed by atoms with Crippen molar-refractivity contribution in [3.05, 3.63) is 0 Å². The summed E-state index contributed by atoms with van der Waals surface area (Å²) in [5.41, 5.74) is 5.28. The van der Waals surface area contributed by atoms with E-state index in [1.807, 2.05) is 6.92 Å². The summed E-state index contributed by atoms with van der Waals surface area (Å²) in [7, 11) is 0. The molecule has 0 aromatic heterocycles. The van der Waals surface area contributed by atoms with Crippen LogP contribution in [0.2, 0.25) is 0 Å². The summed E-state index contributed by atoms with van der Waals surface area (Å²) in [6.07, 6.45) is 4.57. The Bertz CT molecular complexity index is 287. The van der Waals surface area contributed by atoms with E-state index in [0.717, 1.165) is 32.1 Å². The molecule has 1 atom stereocenters. The number of hydrogen-bond donors (Lipinski definition) is 3. The van der Waals surface area contributed by atoms with Crippen molar-refractivity contribution < 1.29 is 14.7 Å². The standard InChI is InChI=1S/C12H22N2O3/c1-2-4-9(13)7-10(15)14-12(5-3-6-12)8-11(16)17/h9H,2-8,13H2,1H3,(H,14,15)(H,16,17). The minimum Gasteiger partial charge on any atom is -0.481 e. The Morgan fingerprint density at radius 2 is 2.12 bits per heavy atom. The van der Waals surface area contributed by atoms with Gasteiger partial charge in [0.2, 0.25) is 5.91 Å². The monoisotopic (exact) mass is 242 g/mol. The smallest absolute Gasteiger partial charge is 0.305 e. The van der Waals surface area contributed by atoms with E-state index in [4.69, 9.17) is 10.8 Å². The molecule has 1 rings (SSSR count). The lowest BCUT2D eigenvalue weighted by molar-refractivity contribution is -0.140. The molecule has 4 N–H and O–H groups in total. The molecule has 98 valence electrons. The number of rotatable bonds is 7. The van der Waals surface area contributed by atoms with E-state index in [9.17, 15) is 9.59 Å². The fourth-order valence-electron chi connectivity index (χ4n) is 2.30. The molecule has 0 heterocycles. The summed E-state index contributed by atoms with van der Waals surface area (Å²) in [4.78, 5) is 22.5. The average Bonchev–Trinajstić information content (AvgIpc) is 2.13. The van der Waals surface area contributed by atoms with Crippen LogP contribution in [-0.2, 0) is 9.59 Å². The number of carboxylic acids is 1. The number of nitrogens with one attached hydrogen (secondary N) is 1. The quantitative estimate of drug-likeness (QED) is 0.621. The first-order valence-corrected chi connectivity index (χ1v) is 6.26. The number of nitrogens with two attached hydrogens (primary N) is 1. The van der Waals surface area contributed by atoms with Crippen molar-refractivity contribution >= 4 is 11.9 Å². The van der Waals surface area contributed by atoms with Gasteiger partial charge < -0.3 is 16.2 Å². The van der Waals surface area contributed by atoms with Gasteiger partial charge in [-0.05, 0) is 25.7 Å². The number of hydrogen-bond acceptors (Lipinski definition) is 3. The van der Waals surface area contributed by atoms with E-state index in [2.05, 4.69) is 5.32 Å². The maximum absolute atomic E-state index is 11.7. The Kier molecular flexibility index (Phi) is 4.93. The first kappa shape index (κ1) is 14.0. The highest BCUT2D eigenvalue weighted by Gasteiger charge is 2.40. The third-order valence-electron chi connectivity index (χ3n) is 3.31. The summed E-state index contributed by atoms with van der Waals surface area (Å²) in [6, 6.07) is -0.123. The van der Waals surface area contributed by atoms with Crippen LogP contribution in [0.1, 0.15) is 51.9 Å². The topological polar surface area (TPSA) is 92.4 Å². The lowest BCUT2D eigenvalue weighted by Crippen LogP contribution is -2.55. The Balaban J connectivity index is 2.40. The van der Waals surface area contributed by atoms with Gasteiger partial charge in [-0.1, -0.05) is 13.3 Å². The molecule has 0 aliphatic heterocycles. The van der Waals surface area contributed by atoms with Crippen LogP contribution in [-0.4, -0.2) is 28.6 Å². The van der Waals surface area contributed by atoms with Gasteiger partial charge in [-0.2, -0.15) is 0 Å². The fourth-order valence-corrected chi connectivity index (χ4v) is 2.30. The van der Waals surface area contributed by atoms with Gasteiger partial charge in [0, 0.05) is 12.5 Å². The molecule has 5 heteroatoms. The van der Waals surface area contributed by atoms with Crippen LogP contribution < -0.4 is 11.1 Å². The predicted molar refractivity (Wildman–Crippen MR) is 64.5 cm³/mol. The van der Waals surface area contributed by atoms with E-state index in [1.165, 1.54) is 0 Å². The highest BCUT2D eigenvalue weighted by molar-refractivity contribution is 5.79. The molecule has 0 aromatic rings. The number of aliphatic carboxylic acids is 1. The van der Waals surface area contributed by atoms with E-state index >= 15 is 0 Å². The number of carboxylic acid groups (broad SMARTS) is 1. The van der Waals surface area contributed by atoms with Gasteiger partial charge >= 0.3 is 5.97 Å². The van der Waals surface area contributed by atoms with Crippen molar-refractivity contribution in [1.82, 2.24) is 5.32 Å². The van der Waals surface area contributed by atoms with Crippen molar-refractivity contribution in [1.29, 1.82) is 0 Å². The molecule has 0 spiro atoms. The Morgan fingerprint density at radius 3 is 2.53 bits per heavy atom. The maximum atomic E-state index is 11.7. The zero-order chi connectivity index (χ0) is 12.9. The minimum atomic E-state index is -0.858. The van der Waals surface area contributed by atoms with Gasteiger partial charge in [-0.15, -0.1) is 0 Å². The highest BCUT2D eigenvalue weighted by Crippen LogP contribution is 2.35. The molecule has 0 bridgehead atoms. The Morgan fingerprint density at radius 1 is 1.47 bits per heavy atom. The second-order valence-electron chi connectivity index (χ2n) is 5.01. The van der Waals surface area contributed by atoms with E-state index in [1.54, 1.807) is 0 Å². The molecule has 1 saturated carbocycles. The van der Waals surface area contributed by atoms with Crippen LogP contribution in [0, 0.1) is 0 Å². The van der Waals surface area contributed by atoms with E-state index < -0.39 is 11.5 Å². The van der Waals surface area contributed by atoms with Crippen molar-refractivity contribution in [2.45, 2.75) is 63.5 Å². The number of carbonyl (C=O) groups is 2. The molecule has 1 aliphatic carbocycles. The van der Waals surface area contributed by atoms with Crippen LogP contribution in [0.25, 0.3) is 0 Å². The Hall–Kier alpha value is -1.10. The SMILES string of the molecule is CCCC(N)CC(=O)NC1(CC(=O)O)CCC1. The summed E-state index contributed by atoms with van der Waals surface area (Å²) in [6.45, 7) is 2.02. The second kappa shape index (κ2) is 6.00. The molecular formula is C12H22N2O3. The lowest BCUT2D eigenvalue weighted by Gasteiger charge is -2.41. The van der Waals surface area contributed by atoms with Gasteiger partial charge in [-0.25, -0.2) is 0 Å². The molecule has 1 fully saturated rings. The first-order valence-electron chi connectivity index (χ1n) is 6.26. The molecule has 0 radical (unpaired) electrons. The third-order valence-corrected chi connectivity index (χ3v) is 3.31. The Labute approximate surface area is 102 Å². The summed E-state index contributed by atoms with van der Waals surface area (Å²) < 4.78 is 0. The molecule has 1 aliphatic rings. The first-order chi connectivity index (χ1) is 7.97. The average molecular weight is 242 g/mol. The van der Waals surface area contributed by atoms with Gasteiger partial charge in [-0.3, -0.25) is 9.59 Å². The summed E-state index contributed by atoms with van der Waals surface area (Å²) in [5, 5.41) is 11.7. The lowest BCUT2D eigenvalue weighted by atomic mass is 9.74. The molecule has 1 amide bonds. The van der Waals surface area contributed by atoms with Crippen LogP contribution in [0.5, 0.6) is 0 Å². The van der Waals surface area contributed by atoms with Crippen LogP contribution in [0.15, 0.2) is 0 Å². The van der Waals surface area contributed by atoms with Gasteiger partial charge in [0.05, 0.1) is 12.0 Å². The van der Waals surface area contributed by atoms with Gasteiger partial charge in [0.25, 0.3) is 0 Å². The summed E-state index contributed by atoms with van der Waals surface area (Å²) >= 11 is 0. The van der Waals surface area contributed by atoms with Crippen LogP contribution in [0.4, 0.5) is 0 Å². The van der Waals surface area contributed by atoms with Gasteiger partial charge in [0.15, 0.2) is 0 Å². The normalized spacial score (nSPS) is 19.2. The maximum Gasteiger partial charge on any atom is 0.305 e. The van der Waals surface area contributed by atoms with Crippen LogP contribution >= 0.6 is 0 Å². The molecular weight excluding hydrogens is 220 g/mol. The molecule has 0 saturated heterocycles. The predicted octanol–water partition coefficient (Wildman–Crippen LogP) is 1.02. The van der Waals surface area contributed by atoms with Crippen molar-refractivity contribution in [2.24, 2.45) is 5.73 Å². The largest absolute Gasteiger partial charge is 0.481 e. The van der Waals surface area contributed by atoms with E-state index in [0.29, 0.717) is 0 Å².